The van der Waals surface area contributed by atoms with Crippen molar-refractivity contribution in [1.29, 1.82) is 0 Å². The number of benzene rings is 2. The first-order valence-electron chi connectivity index (χ1n) is 8.70. The quantitative estimate of drug-likeness (QED) is 0.236. The highest BCUT2D eigenvalue weighted by molar-refractivity contribution is 7.80. The van der Waals surface area contributed by atoms with Crippen molar-refractivity contribution in [1.82, 2.24) is 10.6 Å². The third-order valence-corrected chi connectivity index (χ3v) is 5.42. The molecule has 32 heavy (non-hydrogen) atoms. The Morgan fingerprint density at radius 2 is 1.56 bits per heavy atom. The summed E-state index contributed by atoms with van der Waals surface area (Å²) in [5, 5.41) is 8.97. The molecular formula is C19H18Cl5N3O4S. The average Bonchev–Trinajstić information content (AvgIpc) is 2.73. The molecule has 3 N–H and O–H groups in total. The second-order valence-electron chi connectivity index (χ2n) is 6.08. The highest BCUT2D eigenvalue weighted by Gasteiger charge is 2.35. The maximum atomic E-state index is 12.9. The molecule has 0 aromatic heterocycles. The number of thiocarbonyl (C=S) groups is 1. The molecule has 0 radical (unpaired) electrons. The van der Waals surface area contributed by atoms with Crippen LogP contribution in [0.25, 0.3) is 0 Å². The van der Waals surface area contributed by atoms with Crippen molar-refractivity contribution >= 4 is 86.9 Å². The van der Waals surface area contributed by atoms with Crippen molar-refractivity contribution in [3.05, 3.63) is 45.9 Å². The molecule has 1 atom stereocenters. The second-order valence-corrected chi connectivity index (χ2v) is 9.71. The Morgan fingerprint density at radius 3 is 2.06 bits per heavy atom. The van der Waals surface area contributed by atoms with Crippen LogP contribution in [0.1, 0.15) is 10.4 Å². The Labute approximate surface area is 215 Å². The van der Waals surface area contributed by atoms with Crippen LogP contribution in [0.5, 0.6) is 17.2 Å². The Hall–Kier alpha value is -1.55. The topological polar surface area (TPSA) is 80.9 Å². The zero-order valence-electron chi connectivity index (χ0n) is 16.9. The zero-order chi connectivity index (χ0) is 24.1. The predicted octanol–water partition coefficient (Wildman–Crippen LogP) is 5.43. The summed E-state index contributed by atoms with van der Waals surface area (Å²) < 4.78 is 13.8. The Morgan fingerprint density at radius 1 is 0.969 bits per heavy atom. The van der Waals surface area contributed by atoms with Crippen LogP contribution in [0.3, 0.4) is 0 Å². The minimum atomic E-state index is -1.97. The molecule has 2 aromatic carbocycles. The minimum Gasteiger partial charge on any atom is -0.493 e. The molecule has 1 amide bonds. The van der Waals surface area contributed by atoms with Crippen LogP contribution >= 0.6 is 70.2 Å². The highest BCUT2D eigenvalue weighted by atomic mass is 35.6. The van der Waals surface area contributed by atoms with Gasteiger partial charge in [0.05, 0.1) is 32.0 Å². The third kappa shape index (κ3) is 6.97. The summed E-state index contributed by atoms with van der Waals surface area (Å²) in [5.74, 6) is 0.286. The third-order valence-electron chi connectivity index (χ3n) is 3.98. The van der Waals surface area contributed by atoms with E-state index in [9.17, 15) is 4.79 Å². The molecule has 0 fully saturated rings. The van der Waals surface area contributed by atoms with Crippen LogP contribution in [0, 0.1) is 0 Å². The first kappa shape index (κ1) is 26.7. The summed E-state index contributed by atoms with van der Waals surface area (Å²) in [7, 11) is 4.30. The average molecular weight is 562 g/mol. The summed E-state index contributed by atoms with van der Waals surface area (Å²) in [4.78, 5) is 12.9. The maximum absolute atomic E-state index is 12.9. The van der Waals surface area contributed by atoms with Crippen LogP contribution < -0.4 is 30.2 Å². The van der Waals surface area contributed by atoms with Crippen molar-refractivity contribution in [2.45, 2.75) is 9.96 Å². The van der Waals surface area contributed by atoms with E-state index in [4.69, 9.17) is 84.4 Å². The van der Waals surface area contributed by atoms with Crippen molar-refractivity contribution < 1.29 is 19.0 Å². The first-order valence-corrected chi connectivity index (χ1v) is 11.0. The molecule has 0 bridgehead atoms. The lowest BCUT2D eigenvalue weighted by atomic mass is 10.1. The van der Waals surface area contributed by atoms with Gasteiger partial charge >= 0.3 is 0 Å². The predicted molar refractivity (Wildman–Crippen MR) is 133 cm³/mol. The maximum Gasteiger partial charge on any atom is 0.253 e. The molecule has 13 heteroatoms. The van der Waals surface area contributed by atoms with Gasteiger partial charge in [0.25, 0.3) is 5.91 Å². The van der Waals surface area contributed by atoms with E-state index in [1.807, 2.05) is 0 Å². The SMILES string of the molecule is COc1cc(C(=O)N[C@@H](NC(=S)Nc2cc(Cl)ccc2Cl)C(Cl)(Cl)Cl)cc(OC)c1OC. The first-order chi connectivity index (χ1) is 15.0. The monoisotopic (exact) mass is 559 g/mol. The number of nitrogens with one attached hydrogen (secondary N) is 3. The smallest absolute Gasteiger partial charge is 0.253 e. The van der Waals surface area contributed by atoms with E-state index in [0.29, 0.717) is 21.5 Å². The number of hydrogen-bond donors (Lipinski definition) is 3. The molecule has 0 unspecified atom stereocenters. The minimum absolute atomic E-state index is 0.0238. The van der Waals surface area contributed by atoms with Crippen LogP contribution in [-0.2, 0) is 0 Å². The van der Waals surface area contributed by atoms with Gasteiger partial charge in [-0.3, -0.25) is 4.79 Å². The van der Waals surface area contributed by atoms with Gasteiger partial charge in [-0.15, -0.1) is 0 Å². The molecule has 2 aromatic rings. The molecule has 0 aliphatic carbocycles. The number of methoxy groups -OCH3 is 3. The van der Waals surface area contributed by atoms with E-state index in [2.05, 4.69) is 16.0 Å². The van der Waals surface area contributed by atoms with Gasteiger partial charge in [-0.1, -0.05) is 58.0 Å². The van der Waals surface area contributed by atoms with Crippen molar-refractivity contribution in [2.24, 2.45) is 0 Å². The summed E-state index contributed by atoms with van der Waals surface area (Å²) in [6.45, 7) is 0. The van der Waals surface area contributed by atoms with Gasteiger partial charge in [0, 0.05) is 10.6 Å². The summed E-state index contributed by atoms with van der Waals surface area (Å²) in [5.41, 5.74) is 0.591. The largest absolute Gasteiger partial charge is 0.493 e. The fourth-order valence-electron chi connectivity index (χ4n) is 2.51. The lowest BCUT2D eigenvalue weighted by Gasteiger charge is -2.28. The summed E-state index contributed by atoms with van der Waals surface area (Å²) in [6, 6.07) is 7.68. The van der Waals surface area contributed by atoms with Gasteiger partial charge in [0.1, 0.15) is 6.17 Å². The molecule has 0 saturated heterocycles. The van der Waals surface area contributed by atoms with Crippen molar-refractivity contribution in [2.75, 3.05) is 26.6 Å². The van der Waals surface area contributed by atoms with Gasteiger partial charge in [-0.25, -0.2) is 0 Å². The van der Waals surface area contributed by atoms with Gasteiger partial charge in [-0.2, -0.15) is 0 Å². The van der Waals surface area contributed by atoms with E-state index < -0.39 is 15.9 Å². The second kappa shape index (κ2) is 11.5. The highest BCUT2D eigenvalue weighted by Crippen LogP contribution is 2.38. The number of amides is 1. The number of rotatable bonds is 7. The fourth-order valence-corrected chi connectivity index (χ4v) is 3.40. The molecule has 0 spiro atoms. The van der Waals surface area contributed by atoms with Crippen LogP contribution in [0.2, 0.25) is 10.0 Å². The van der Waals surface area contributed by atoms with E-state index >= 15 is 0 Å². The van der Waals surface area contributed by atoms with Crippen molar-refractivity contribution in [3.8, 4) is 17.2 Å². The summed E-state index contributed by atoms with van der Waals surface area (Å²) >= 11 is 35.5. The van der Waals surface area contributed by atoms with E-state index in [1.54, 1.807) is 18.2 Å². The number of anilines is 1. The number of hydrogen-bond acceptors (Lipinski definition) is 5. The van der Waals surface area contributed by atoms with E-state index in [0.717, 1.165) is 0 Å². The molecule has 0 aliphatic rings. The Kier molecular flexibility index (Phi) is 9.63. The van der Waals surface area contributed by atoms with E-state index in [-0.39, 0.29) is 22.2 Å². The molecule has 174 valence electrons. The number of carbonyl (C=O) groups excluding carboxylic acids is 1. The van der Waals surface area contributed by atoms with Gasteiger partial charge in [-0.05, 0) is 42.5 Å². The standard InChI is InChI=1S/C19H18Cl5N3O4S/c1-29-13-6-9(7-14(30-2)15(13)31-3)16(28)26-17(19(22,23)24)27-18(32)25-12-8-10(20)4-5-11(12)21/h4-8,17H,1-3H3,(H,26,28)(H2,25,27,32)/t17-/m0/s1. The molecular weight excluding hydrogens is 544 g/mol. The molecule has 0 aliphatic heterocycles. The fraction of sp³-hybridized carbons (Fsp3) is 0.263. The lowest BCUT2D eigenvalue weighted by molar-refractivity contribution is 0.0933. The van der Waals surface area contributed by atoms with Crippen molar-refractivity contribution in [3.63, 3.8) is 0 Å². The normalized spacial score (nSPS) is 11.9. The summed E-state index contributed by atoms with van der Waals surface area (Å²) in [6.07, 6.45) is -1.22. The number of halogens is 5. The van der Waals surface area contributed by atoms with Crippen LogP contribution in [0.4, 0.5) is 5.69 Å². The number of alkyl halides is 3. The molecule has 7 nitrogen and oxygen atoms in total. The van der Waals surface area contributed by atoms with Gasteiger partial charge in [0.15, 0.2) is 16.6 Å². The number of ether oxygens (including phenoxy) is 3. The Bertz CT molecular complexity index is 978. The lowest BCUT2D eigenvalue weighted by Crippen LogP contribution is -2.56. The van der Waals surface area contributed by atoms with E-state index in [1.165, 1.54) is 33.5 Å². The molecule has 0 saturated carbocycles. The van der Waals surface area contributed by atoms with Crippen LogP contribution in [0.15, 0.2) is 30.3 Å². The molecule has 0 heterocycles. The van der Waals surface area contributed by atoms with Gasteiger partial charge < -0.3 is 30.2 Å². The zero-order valence-corrected chi connectivity index (χ0v) is 21.5. The molecule has 2 rings (SSSR count). The van der Waals surface area contributed by atoms with Gasteiger partial charge in [0.2, 0.25) is 9.54 Å². The van der Waals surface area contributed by atoms with Crippen LogP contribution in [-0.4, -0.2) is 42.3 Å². The number of carbonyl (C=O) groups is 1. The Balaban J connectivity index is 2.23.